The molecule has 0 atom stereocenters. The van der Waals surface area contributed by atoms with Gasteiger partial charge in [0.25, 0.3) is 0 Å². The van der Waals surface area contributed by atoms with Crippen LogP contribution in [0.25, 0.3) is 0 Å². The second-order valence-corrected chi connectivity index (χ2v) is 5.76. The van der Waals surface area contributed by atoms with Crippen molar-refractivity contribution in [3.8, 4) is 0 Å². The predicted octanol–water partition coefficient (Wildman–Crippen LogP) is 2.84. The topological polar surface area (TPSA) is 55.1 Å². The molecule has 0 radical (unpaired) electrons. The highest BCUT2D eigenvalue weighted by molar-refractivity contribution is 5.96. The Bertz CT molecular complexity index is 461. The van der Waals surface area contributed by atoms with Crippen molar-refractivity contribution in [3.63, 3.8) is 0 Å². The van der Waals surface area contributed by atoms with Gasteiger partial charge in [-0.15, -0.1) is 0 Å². The minimum absolute atomic E-state index is 0.176. The van der Waals surface area contributed by atoms with Crippen LogP contribution in [0, 0.1) is 18.2 Å². The number of benzene rings is 1. The fraction of sp³-hybridized carbons (Fsp3) is 0.500. The van der Waals surface area contributed by atoms with Gasteiger partial charge in [0, 0.05) is 11.2 Å². The third-order valence-electron chi connectivity index (χ3n) is 3.62. The first kappa shape index (κ1) is 14.6. The van der Waals surface area contributed by atoms with Crippen LogP contribution in [-0.4, -0.2) is 11.4 Å². The quantitative estimate of drug-likeness (QED) is 0.869. The van der Waals surface area contributed by atoms with E-state index >= 15 is 0 Å². The smallest absolute Gasteiger partial charge is 0.231 e. The monoisotopic (exact) mass is 252 g/mol. The van der Waals surface area contributed by atoms with Gasteiger partial charge < -0.3 is 11.1 Å². The van der Waals surface area contributed by atoms with E-state index in [0.29, 0.717) is 11.3 Å². The van der Waals surface area contributed by atoms with Gasteiger partial charge in [0.2, 0.25) is 5.91 Å². The van der Waals surface area contributed by atoms with E-state index < -0.39 is 11.0 Å². The van der Waals surface area contributed by atoms with Gasteiger partial charge in [-0.3, -0.25) is 4.79 Å². The first-order valence-corrected chi connectivity index (χ1v) is 5.92. The molecule has 0 aliphatic heterocycles. The Morgan fingerprint density at radius 1 is 1.28 bits per heavy atom. The van der Waals surface area contributed by atoms with Gasteiger partial charge in [0.05, 0.1) is 5.41 Å². The summed E-state index contributed by atoms with van der Waals surface area (Å²) in [5, 5.41) is 2.80. The molecule has 0 bridgehead atoms. The van der Waals surface area contributed by atoms with Crippen molar-refractivity contribution in [3.05, 3.63) is 29.6 Å². The molecule has 0 saturated heterocycles. The summed E-state index contributed by atoms with van der Waals surface area (Å²) in [6, 6.07) is 4.27. The Hall–Kier alpha value is -1.42. The van der Waals surface area contributed by atoms with E-state index in [2.05, 4.69) is 5.32 Å². The number of aryl methyl sites for hydroxylation is 1. The molecule has 0 spiro atoms. The summed E-state index contributed by atoms with van der Waals surface area (Å²) in [7, 11) is 0. The van der Waals surface area contributed by atoms with Crippen LogP contribution in [0.15, 0.2) is 18.2 Å². The van der Waals surface area contributed by atoms with Gasteiger partial charge in [-0.1, -0.05) is 0 Å². The lowest BCUT2D eigenvalue weighted by atomic mass is 9.74. The fourth-order valence-electron chi connectivity index (χ4n) is 1.34. The second kappa shape index (κ2) is 4.69. The molecule has 4 heteroatoms. The third-order valence-corrected chi connectivity index (χ3v) is 3.62. The van der Waals surface area contributed by atoms with Crippen molar-refractivity contribution in [2.75, 3.05) is 5.32 Å². The lowest BCUT2D eigenvalue weighted by Crippen LogP contribution is -2.53. The Balaban J connectivity index is 2.95. The summed E-state index contributed by atoms with van der Waals surface area (Å²) < 4.78 is 13.0. The van der Waals surface area contributed by atoms with Crippen molar-refractivity contribution >= 4 is 11.6 Å². The summed E-state index contributed by atoms with van der Waals surface area (Å²) in [5.41, 5.74) is 5.93. The second-order valence-electron chi connectivity index (χ2n) is 5.76. The van der Waals surface area contributed by atoms with E-state index in [1.165, 1.54) is 12.1 Å². The molecular weight excluding hydrogens is 231 g/mol. The van der Waals surface area contributed by atoms with E-state index in [9.17, 15) is 9.18 Å². The van der Waals surface area contributed by atoms with Crippen LogP contribution >= 0.6 is 0 Å². The summed E-state index contributed by atoms with van der Waals surface area (Å²) in [5.74, 6) is -0.492. The minimum atomic E-state index is -0.728. The largest absolute Gasteiger partial charge is 0.325 e. The molecule has 0 unspecified atom stereocenters. The van der Waals surface area contributed by atoms with Gasteiger partial charge in [0.1, 0.15) is 5.82 Å². The zero-order valence-electron chi connectivity index (χ0n) is 11.6. The molecule has 1 aromatic carbocycles. The standard InChI is InChI=1S/C14H21FN2O/c1-9-8-10(15)6-7-11(9)17-12(18)13(2,3)14(4,5)16/h6-8H,16H2,1-5H3,(H,17,18). The summed E-state index contributed by atoms with van der Waals surface area (Å²) in [6.45, 7) is 8.95. The maximum Gasteiger partial charge on any atom is 0.231 e. The zero-order valence-corrected chi connectivity index (χ0v) is 11.6. The Labute approximate surface area is 108 Å². The number of hydrogen-bond acceptors (Lipinski definition) is 2. The highest BCUT2D eigenvalue weighted by Gasteiger charge is 2.40. The highest BCUT2D eigenvalue weighted by atomic mass is 19.1. The first-order chi connectivity index (χ1) is 8.05. The fourth-order valence-corrected chi connectivity index (χ4v) is 1.34. The predicted molar refractivity (Wildman–Crippen MR) is 71.8 cm³/mol. The van der Waals surface area contributed by atoms with Crippen molar-refractivity contribution < 1.29 is 9.18 Å². The molecule has 18 heavy (non-hydrogen) atoms. The molecule has 0 saturated carbocycles. The van der Waals surface area contributed by atoms with Gasteiger partial charge in [-0.2, -0.15) is 0 Å². The molecule has 100 valence electrons. The molecule has 3 N–H and O–H groups in total. The number of carbonyl (C=O) groups is 1. The third kappa shape index (κ3) is 2.88. The molecule has 0 aliphatic rings. The number of nitrogens with one attached hydrogen (secondary N) is 1. The van der Waals surface area contributed by atoms with Gasteiger partial charge in [0.15, 0.2) is 0 Å². The van der Waals surface area contributed by atoms with Crippen LogP contribution in [0.5, 0.6) is 0 Å². The number of rotatable bonds is 3. The van der Waals surface area contributed by atoms with Crippen molar-refractivity contribution in [1.29, 1.82) is 0 Å². The summed E-state index contributed by atoms with van der Waals surface area (Å²) >= 11 is 0. The lowest BCUT2D eigenvalue weighted by molar-refractivity contribution is -0.126. The summed E-state index contributed by atoms with van der Waals surface area (Å²) in [4.78, 5) is 12.2. The molecule has 0 aromatic heterocycles. The number of anilines is 1. The zero-order chi connectivity index (χ0) is 14.1. The van der Waals surface area contributed by atoms with Crippen LogP contribution in [-0.2, 0) is 4.79 Å². The number of nitrogens with two attached hydrogens (primary N) is 1. The van der Waals surface area contributed by atoms with Gasteiger partial charge in [-0.25, -0.2) is 4.39 Å². The van der Waals surface area contributed by atoms with E-state index in [0.717, 1.165) is 0 Å². The maximum absolute atomic E-state index is 13.0. The number of amides is 1. The van der Waals surface area contributed by atoms with Gasteiger partial charge >= 0.3 is 0 Å². The van der Waals surface area contributed by atoms with Crippen LogP contribution in [0.1, 0.15) is 33.3 Å². The molecule has 0 fully saturated rings. The van der Waals surface area contributed by atoms with E-state index in [4.69, 9.17) is 5.73 Å². The molecule has 1 aromatic rings. The SMILES string of the molecule is Cc1cc(F)ccc1NC(=O)C(C)(C)C(C)(C)N. The van der Waals surface area contributed by atoms with Crippen LogP contribution in [0.3, 0.4) is 0 Å². The molecular formula is C14H21FN2O. The van der Waals surface area contributed by atoms with Crippen molar-refractivity contribution in [2.45, 2.75) is 40.2 Å². The van der Waals surface area contributed by atoms with E-state index in [1.54, 1.807) is 26.8 Å². The van der Waals surface area contributed by atoms with Crippen molar-refractivity contribution in [1.82, 2.24) is 0 Å². The molecule has 0 heterocycles. The highest BCUT2D eigenvalue weighted by Crippen LogP contribution is 2.30. The molecule has 0 aliphatic carbocycles. The molecule has 3 nitrogen and oxygen atoms in total. The maximum atomic E-state index is 13.0. The minimum Gasteiger partial charge on any atom is -0.325 e. The Morgan fingerprint density at radius 3 is 2.28 bits per heavy atom. The van der Waals surface area contributed by atoms with E-state index in [-0.39, 0.29) is 11.7 Å². The van der Waals surface area contributed by atoms with Gasteiger partial charge in [-0.05, 0) is 58.4 Å². The molecule has 1 rings (SSSR count). The normalized spacial score (nSPS) is 12.4. The number of carbonyl (C=O) groups excluding carboxylic acids is 1. The van der Waals surface area contributed by atoms with Crippen LogP contribution in [0.4, 0.5) is 10.1 Å². The van der Waals surface area contributed by atoms with Crippen molar-refractivity contribution in [2.24, 2.45) is 11.1 Å². The average Bonchev–Trinajstić information content (AvgIpc) is 2.20. The van der Waals surface area contributed by atoms with Crippen LogP contribution < -0.4 is 11.1 Å². The first-order valence-electron chi connectivity index (χ1n) is 5.92. The van der Waals surface area contributed by atoms with Crippen LogP contribution in [0.2, 0.25) is 0 Å². The van der Waals surface area contributed by atoms with E-state index in [1.807, 2.05) is 13.8 Å². The Kier molecular flexibility index (Phi) is 3.81. The number of hydrogen-bond donors (Lipinski definition) is 2. The lowest BCUT2D eigenvalue weighted by Gasteiger charge is -2.37. The summed E-state index contributed by atoms with van der Waals surface area (Å²) in [6.07, 6.45) is 0. The molecule has 1 amide bonds. The Morgan fingerprint density at radius 2 is 1.83 bits per heavy atom. The average molecular weight is 252 g/mol. The number of halogens is 1.